The van der Waals surface area contributed by atoms with Gasteiger partial charge in [0.05, 0.1) is 12.9 Å². The average molecular weight is 180 g/mol. The van der Waals surface area contributed by atoms with Gasteiger partial charge in [-0.15, -0.1) is 0 Å². The number of aromatic nitrogens is 2. The molecule has 6 nitrogen and oxygen atoms in total. The molecule has 2 amide bonds. The Labute approximate surface area is 73.9 Å². The van der Waals surface area contributed by atoms with Crippen LogP contribution in [0, 0.1) is 0 Å². The molecule has 2 heterocycles. The molecule has 0 aliphatic carbocycles. The van der Waals surface area contributed by atoms with E-state index >= 15 is 0 Å². The second kappa shape index (κ2) is 2.58. The van der Waals surface area contributed by atoms with Crippen molar-refractivity contribution in [1.82, 2.24) is 14.9 Å². The van der Waals surface area contributed by atoms with Gasteiger partial charge in [-0.05, 0) is 0 Å². The van der Waals surface area contributed by atoms with Gasteiger partial charge in [0.2, 0.25) is 5.91 Å². The van der Waals surface area contributed by atoms with E-state index in [0.717, 1.165) is 0 Å². The number of rotatable bonds is 0. The summed E-state index contributed by atoms with van der Waals surface area (Å²) in [5, 5.41) is 4.98. The molecule has 6 heteroatoms. The first kappa shape index (κ1) is 7.78. The van der Waals surface area contributed by atoms with Crippen LogP contribution in [0.3, 0.4) is 0 Å². The number of carbonyl (C=O) groups excluding carboxylic acids is 2. The van der Waals surface area contributed by atoms with Crippen LogP contribution in [-0.2, 0) is 11.8 Å². The molecule has 0 atom stereocenters. The van der Waals surface area contributed by atoms with Crippen molar-refractivity contribution in [3.8, 4) is 0 Å². The maximum absolute atomic E-state index is 11.4. The highest BCUT2D eigenvalue weighted by Crippen LogP contribution is 2.13. The Kier molecular flexibility index (Phi) is 1.54. The van der Waals surface area contributed by atoms with E-state index in [1.807, 2.05) is 0 Å². The summed E-state index contributed by atoms with van der Waals surface area (Å²) in [7, 11) is 1.70. The van der Waals surface area contributed by atoms with Gasteiger partial charge in [0.15, 0.2) is 11.5 Å². The second-order valence-electron chi connectivity index (χ2n) is 2.78. The first-order valence-electron chi connectivity index (χ1n) is 3.78. The van der Waals surface area contributed by atoms with E-state index in [0.29, 0.717) is 11.5 Å². The van der Waals surface area contributed by atoms with Gasteiger partial charge >= 0.3 is 0 Å². The molecule has 0 unspecified atom stereocenters. The van der Waals surface area contributed by atoms with Crippen molar-refractivity contribution in [2.45, 2.75) is 0 Å². The number of nitrogens with one attached hydrogen (secondary N) is 2. The zero-order valence-electron chi connectivity index (χ0n) is 7.00. The first-order chi connectivity index (χ1) is 6.18. The van der Waals surface area contributed by atoms with Crippen LogP contribution in [0.25, 0.3) is 0 Å². The van der Waals surface area contributed by atoms with Crippen LogP contribution in [-0.4, -0.2) is 27.9 Å². The molecule has 2 rings (SSSR count). The highest BCUT2D eigenvalue weighted by atomic mass is 16.2. The van der Waals surface area contributed by atoms with Crippen LogP contribution in [0.2, 0.25) is 0 Å². The van der Waals surface area contributed by atoms with E-state index in [4.69, 9.17) is 0 Å². The van der Waals surface area contributed by atoms with Gasteiger partial charge in [-0.1, -0.05) is 0 Å². The Morgan fingerprint density at radius 2 is 2.31 bits per heavy atom. The third kappa shape index (κ3) is 1.16. The van der Waals surface area contributed by atoms with E-state index in [9.17, 15) is 9.59 Å². The average Bonchev–Trinajstić information content (AvgIpc) is 2.36. The summed E-state index contributed by atoms with van der Waals surface area (Å²) < 4.78 is 1.57. The van der Waals surface area contributed by atoms with Crippen molar-refractivity contribution in [3.05, 3.63) is 12.0 Å². The molecule has 1 aromatic heterocycles. The molecule has 68 valence electrons. The number of fused-ring (bicyclic) bond motifs is 1. The molecule has 2 N–H and O–H groups in total. The van der Waals surface area contributed by atoms with Crippen LogP contribution in [0.4, 0.5) is 5.82 Å². The summed E-state index contributed by atoms with van der Waals surface area (Å²) in [6.45, 7) is -0.00477. The van der Waals surface area contributed by atoms with Gasteiger partial charge in [0.25, 0.3) is 5.91 Å². The minimum Gasteiger partial charge on any atom is -0.342 e. The molecule has 0 saturated heterocycles. The number of carbonyl (C=O) groups is 2. The van der Waals surface area contributed by atoms with E-state index in [1.54, 1.807) is 11.6 Å². The Bertz CT molecular complexity index is 382. The lowest BCUT2D eigenvalue weighted by molar-refractivity contribution is -0.115. The largest absolute Gasteiger partial charge is 0.342 e. The van der Waals surface area contributed by atoms with Gasteiger partial charge < -0.3 is 15.2 Å². The van der Waals surface area contributed by atoms with Crippen molar-refractivity contribution < 1.29 is 9.59 Å². The molecular weight excluding hydrogens is 172 g/mol. The molecule has 13 heavy (non-hydrogen) atoms. The minimum atomic E-state index is -0.284. The summed E-state index contributed by atoms with van der Waals surface area (Å²) in [6.07, 6.45) is 1.48. The summed E-state index contributed by atoms with van der Waals surface area (Å²) in [4.78, 5) is 26.3. The molecule has 1 aliphatic heterocycles. The normalized spacial score (nSPS) is 15.8. The fraction of sp³-hybridized carbons (Fsp3) is 0.286. The number of hydrogen-bond acceptors (Lipinski definition) is 3. The van der Waals surface area contributed by atoms with Crippen LogP contribution in [0.1, 0.15) is 10.5 Å². The first-order valence-corrected chi connectivity index (χ1v) is 3.78. The molecule has 0 spiro atoms. The Morgan fingerprint density at radius 1 is 1.54 bits per heavy atom. The Morgan fingerprint density at radius 3 is 3.08 bits per heavy atom. The molecule has 0 bridgehead atoms. The van der Waals surface area contributed by atoms with Gasteiger partial charge in [-0.2, -0.15) is 0 Å². The maximum Gasteiger partial charge on any atom is 0.272 e. The SMILES string of the molecule is Cn1cnc2c1C(=O)NCC(=O)N2. The smallest absolute Gasteiger partial charge is 0.272 e. The third-order valence-electron chi connectivity index (χ3n) is 1.82. The summed E-state index contributed by atoms with van der Waals surface area (Å²) in [5.74, 6) is -0.221. The topological polar surface area (TPSA) is 76.0 Å². The molecule has 0 fully saturated rings. The quantitative estimate of drug-likeness (QED) is 0.543. The summed E-state index contributed by atoms with van der Waals surface area (Å²) in [5.41, 5.74) is 0.380. The summed E-state index contributed by atoms with van der Waals surface area (Å²) in [6, 6.07) is 0. The number of amides is 2. The van der Waals surface area contributed by atoms with E-state index < -0.39 is 0 Å². The Hall–Kier alpha value is -1.85. The van der Waals surface area contributed by atoms with Crippen LogP contribution >= 0.6 is 0 Å². The van der Waals surface area contributed by atoms with Crippen LogP contribution in [0.5, 0.6) is 0 Å². The van der Waals surface area contributed by atoms with E-state index in [2.05, 4.69) is 15.6 Å². The van der Waals surface area contributed by atoms with Crippen molar-refractivity contribution in [1.29, 1.82) is 0 Å². The zero-order chi connectivity index (χ0) is 9.42. The van der Waals surface area contributed by atoms with E-state index in [-0.39, 0.29) is 18.4 Å². The van der Waals surface area contributed by atoms with E-state index in [1.165, 1.54) is 6.33 Å². The zero-order valence-corrected chi connectivity index (χ0v) is 7.00. The van der Waals surface area contributed by atoms with Crippen molar-refractivity contribution in [2.24, 2.45) is 7.05 Å². The fourth-order valence-electron chi connectivity index (χ4n) is 1.21. The third-order valence-corrected chi connectivity index (χ3v) is 1.82. The standard InChI is InChI=1S/C7H8N4O2/c1-11-3-9-6-5(11)7(13)8-2-4(12)10-6/h3H,2H2,1H3,(H,8,13)(H,10,12). The Balaban J connectivity index is 2.51. The van der Waals surface area contributed by atoms with Crippen molar-refractivity contribution >= 4 is 17.6 Å². The van der Waals surface area contributed by atoms with Crippen LogP contribution < -0.4 is 10.6 Å². The monoisotopic (exact) mass is 180 g/mol. The maximum atomic E-state index is 11.4. The number of hydrogen-bond donors (Lipinski definition) is 2. The van der Waals surface area contributed by atoms with Gasteiger partial charge in [-0.3, -0.25) is 9.59 Å². The molecule has 1 aromatic rings. The molecule has 0 aromatic carbocycles. The predicted molar refractivity (Wildman–Crippen MR) is 44.2 cm³/mol. The lowest BCUT2D eigenvalue weighted by Gasteiger charge is -1.99. The van der Waals surface area contributed by atoms with Crippen molar-refractivity contribution in [3.63, 3.8) is 0 Å². The highest BCUT2D eigenvalue weighted by Gasteiger charge is 2.22. The molecule has 1 aliphatic rings. The second-order valence-corrected chi connectivity index (χ2v) is 2.78. The molecule has 0 saturated carbocycles. The molecule has 0 radical (unpaired) electrons. The van der Waals surface area contributed by atoms with Crippen LogP contribution in [0.15, 0.2) is 6.33 Å². The minimum absolute atomic E-state index is 0.00477. The number of anilines is 1. The fourth-order valence-corrected chi connectivity index (χ4v) is 1.21. The number of aryl methyl sites for hydroxylation is 1. The van der Waals surface area contributed by atoms with Gasteiger partial charge in [0, 0.05) is 7.05 Å². The lowest BCUT2D eigenvalue weighted by atomic mass is 10.4. The van der Waals surface area contributed by atoms with Crippen molar-refractivity contribution in [2.75, 3.05) is 11.9 Å². The molecular formula is C7H8N4O2. The van der Waals surface area contributed by atoms with Gasteiger partial charge in [-0.25, -0.2) is 4.98 Å². The summed E-state index contributed by atoms with van der Waals surface area (Å²) >= 11 is 0. The lowest BCUT2D eigenvalue weighted by Crippen LogP contribution is -2.29. The van der Waals surface area contributed by atoms with Gasteiger partial charge in [0.1, 0.15) is 0 Å². The number of imidazole rings is 1. The number of nitrogens with zero attached hydrogens (tertiary/aromatic N) is 2. The predicted octanol–water partition coefficient (Wildman–Crippen LogP) is -0.898. The highest BCUT2D eigenvalue weighted by molar-refractivity contribution is 6.06.